The number of rotatable bonds is 3. The summed E-state index contributed by atoms with van der Waals surface area (Å²) in [5, 5.41) is 19.5. The minimum Gasteiger partial charge on any atom is -0.507 e. The number of aromatic hydroxyl groups is 1. The predicted octanol–water partition coefficient (Wildman–Crippen LogP) is 5.63. The average Bonchev–Trinajstić information content (AvgIpc) is 2.81. The number of H-pyrrole nitrogens is 1. The van der Waals surface area contributed by atoms with Gasteiger partial charge in [0.2, 0.25) is 0 Å². The van der Waals surface area contributed by atoms with Crippen molar-refractivity contribution in [3.63, 3.8) is 0 Å². The van der Waals surface area contributed by atoms with E-state index in [0.29, 0.717) is 22.2 Å². The molecule has 0 unspecified atom stereocenters. The van der Waals surface area contributed by atoms with Crippen molar-refractivity contribution in [1.29, 1.82) is 0 Å². The summed E-state index contributed by atoms with van der Waals surface area (Å²) in [6.45, 7) is 0. The molecule has 4 nitrogen and oxygen atoms in total. The molecule has 0 atom stereocenters. The lowest BCUT2D eigenvalue weighted by atomic mass is 9.92. The molecule has 0 radical (unpaired) electrons. The van der Waals surface area contributed by atoms with Gasteiger partial charge in [-0.25, -0.2) is 5.10 Å². The van der Waals surface area contributed by atoms with Crippen LogP contribution in [0, 0.1) is 0 Å². The summed E-state index contributed by atoms with van der Waals surface area (Å²) in [4.78, 5) is 12.2. The fraction of sp³-hybridized carbons (Fsp3) is 0. The van der Waals surface area contributed by atoms with Crippen molar-refractivity contribution in [3.05, 3.63) is 107 Å². The van der Waals surface area contributed by atoms with Gasteiger partial charge in [0.25, 0.3) is 5.56 Å². The Bertz CT molecular complexity index is 1350. The van der Waals surface area contributed by atoms with Crippen LogP contribution in [0.4, 0.5) is 0 Å². The number of hydrogen-bond donors (Lipinski definition) is 2. The largest absolute Gasteiger partial charge is 0.507 e. The van der Waals surface area contributed by atoms with Gasteiger partial charge in [0.1, 0.15) is 5.75 Å². The third kappa shape index (κ3) is 3.05. The Balaban J connectivity index is 1.84. The maximum Gasteiger partial charge on any atom is 0.272 e. The normalized spacial score (nSPS) is 10.9. The molecule has 30 heavy (non-hydrogen) atoms. The van der Waals surface area contributed by atoms with Gasteiger partial charge in [-0.3, -0.25) is 4.79 Å². The van der Waals surface area contributed by atoms with E-state index in [9.17, 15) is 9.90 Å². The van der Waals surface area contributed by atoms with Gasteiger partial charge in [-0.05, 0) is 29.3 Å². The number of aromatic amines is 1. The van der Waals surface area contributed by atoms with E-state index < -0.39 is 0 Å². The first-order valence-corrected chi connectivity index (χ1v) is 9.68. The number of nitrogens with one attached hydrogen (secondary N) is 1. The van der Waals surface area contributed by atoms with Crippen LogP contribution in [0.25, 0.3) is 44.3 Å². The van der Waals surface area contributed by atoms with Gasteiger partial charge in [0, 0.05) is 22.1 Å². The van der Waals surface area contributed by atoms with E-state index in [2.05, 4.69) is 10.2 Å². The number of phenolic OH excluding ortho intramolecular Hbond substituents is 1. The van der Waals surface area contributed by atoms with Crippen molar-refractivity contribution in [1.82, 2.24) is 10.2 Å². The Morgan fingerprint density at radius 1 is 0.633 bits per heavy atom. The second-order valence-electron chi connectivity index (χ2n) is 7.10. The zero-order valence-corrected chi connectivity index (χ0v) is 16.0. The molecule has 0 aliphatic carbocycles. The second kappa shape index (κ2) is 7.33. The first-order valence-electron chi connectivity index (χ1n) is 9.68. The lowest BCUT2D eigenvalue weighted by Crippen LogP contribution is -2.09. The third-order valence-electron chi connectivity index (χ3n) is 5.25. The van der Waals surface area contributed by atoms with Crippen LogP contribution in [-0.2, 0) is 0 Å². The standard InChI is InChI=1S/C26H18N2O2/c29-25-22(17-9-3-1-4-10-17)15-19(16-23(25)18-11-5-2-6-12-18)24-20-13-7-8-14-21(20)26(30)28-27-24/h1-16,29H,(H,28,30). The van der Waals surface area contributed by atoms with Crippen LogP contribution in [-0.4, -0.2) is 15.3 Å². The molecule has 0 aliphatic heterocycles. The molecule has 5 rings (SSSR count). The molecule has 0 spiro atoms. The van der Waals surface area contributed by atoms with E-state index in [0.717, 1.165) is 22.1 Å². The van der Waals surface area contributed by atoms with Gasteiger partial charge in [0.05, 0.1) is 11.1 Å². The molecule has 2 N–H and O–H groups in total. The highest BCUT2D eigenvalue weighted by Crippen LogP contribution is 2.42. The molecule has 0 amide bonds. The topological polar surface area (TPSA) is 66.0 Å². The van der Waals surface area contributed by atoms with Gasteiger partial charge in [-0.15, -0.1) is 0 Å². The Morgan fingerprint density at radius 2 is 1.13 bits per heavy atom. The molecular weight excluding hydrogens is 372 g/mol. The molecule has 1 heterocycles. The van der Waals surface area contributed by atoms with Crippen LogP contribution in [0.2, 0.25) is 0 Å². The summed E-state index contributed by atoms with van der Waals surface area (Å²) in [5.41, 5.74) is 4.50. The van der Waals surface area contributed by atoms with Gasteiger partial charge < -0.3 is 5.11 Å². The maximum absolute atomic E-state index is 12.2. The second-order valence-corrected chi connectivity index (χ2v) is 7.10. The highest BCUT2D eigenvalue weighted by molar-refractivity contribution is 5.96. The molecule has 0 saturated carbocycles. The van der Waals surface area contributed by atoms with Crippen molar-refractivity contribution in [3.8, 4) is 39.3 Å². The van der Waals surface area contributed by atoms with Gasteiger partial charge >= 0.3 is 0 Å². The number of aromatic nitrogens is 2. The fourth-order valence-electron chi connectivity index (χ4n) is 3.78. The molecule has 4 heteroatoms. The Kier molecular flexibility index (Phi) is 4.37. The van der Waals surface area contributed by atoms with Crippen LogP contribution in [0.15, 0.2) is 102 Å². The number of fused-ring (bicyclic) bond motifs is 1. The number of nitrogens with zero attached hydrogens (tertiary/aromatic N) is 1. The molecule has 144 valence electrons. The molecular formula is C26H18N2O2. The van der Waals surface area contributed by atoms with Crippen LogP contribution in [0.5, 0.6) is 5.75 Å². The first kappa shape index (κ1) is 17.9. The number of benzene rings is 4. The first-order chi connectivity index (χ1) is 14.7. The van der Waals surface area contributed by atoms with E-state index >= 15 is 0 Å². The van der Waals surface area contributed by atoms with Crippen molar-refractivity contribution in [2.45, 2.75) is 0 Å². The summed E-state index contributed by atoms with van der Waals surface area (Å²) < 4.78 is 0. The van der Waals surface area contributed by atoms with Gasteiger partial charge in [0.15, 0.2) is 0 Å². The van der Waals surface area contributed by atoms with Crippen LogP contribution < -0.4 is 5.56 Å². The highest BCUT2D eigenvalue weighted by Gasteiger charge is 2.17. The van der Waals surface area contributed by atoms with Crippen LogP contribution >= 0.6 is 0 Å². The third-order valence-corrected chi connectivity index (χ3v) is 5.25. The molecule has 0 aliphatic rings. The zero-order chi connectivity index (χ0) is 20.5. The summed E-state index contributed by atoms with van der Waals surface area (Å²) in [6.07, 6.45) is 0. The van der Waals surface area contributed by atoms with E-state index in [1.165, 1.54) is 0 Å². The summed E-state index contributed by atoms with van der Waals surface area (Å²) in [5.74, 6) is 0.213. The lowest BCUT2D eigenvalue weighted by molar-refractivity contribution is 0.479. The van der Waals surface area contributed by atoms with E-state index in [4.69, 9.17) is 0 Å². The van der Waals surface area contributed by atoms with Crippen molar-refractivity contribution < 1.29 is 5.11 Å². The number of hydrogen-bond acceptors (Lipinski definition) is 3. The minimum absolute atomic E-state index is 0.213. The van der Waals surface area contributed by atoms with Gasteiger partial charge in [-0.2, -0.15) is 5.10 Å². The van der Waals surface area contributed by atoms with E-state index in [1.54, 1.807) is 6.07 Å². The fourth-order valence-corrected chi connectivity index (χ4v) is 3.78. The minimum atomic E-state index is -0.223. The molecule has 0 saturated heterocycles. The monoisotopic (exact) mass is 390 g/mol. The smallest absolute Gasteiger partial charge is 0.272 e. The SMILES string of the molecule is O=c1[nH]nc(-c2cc(-c3ccccc3)c(O)c(-c3ccccc3)c2)c2ccccc12. The molecule has 1 aromatic heterocycles. The van der Waals surface area contributed by atoms with Gasteiger partial charge in [-0.1, -0.05) is 78.9 Å². The van der Waals surface area contributed by atoms with E-state index in [-0.39, 0.29) is 11.3 Å². The Labute approximate surface area is 173 Å². The van der Waals surface area contributed by atoms with E-state index in [1.807, 2.05) is 91.0 Å². The molecule has 0 fully saturated rings. The molecule has 4 aromatic carbocycles. The van der Waals surface area contributed by atoms with Crippen LogP contribution in [0.1, 0.15) is 0 Å². The average molecular weight is 390 g/mol. The quantitative estimate of drug-likeness (QED) is 0.420. The Hall–Kier alpha value is -4.18. The lowest BCUT2D eigenvalue weighted by Gasteiger charge is -2.14. The summed E-state index contributed by atoms with van der Waals surface area (Å²) in [6, 6.07) is 30.8. The summed E-state index contributed by atoms with van der Waals surface area (Å²) >= 11 is 0. The van der Waals surface area contributed by atoms with Crippen molar-refractivity contribution in [2.75, 3.05) is 0 Å². The summed E-state index contributed by atoms with van der Waals surface area (Å²) in [7, 11) is 0. The molecule has 5 aromatic rings. The maximum atomic E-state index is 12.2. The zero-order valence-electron chi connectivity index (χ0n) is 16.0. The molecule has 0 bridgehead atoms. The van der Waals surface area contributed by atoms with Crippen LogP contribution in [0.3, 0.4) is 0 Å². The Morgan fingerprint density at radius 3 is 1.70 bits per heavy atom. The van der Waals surface area contributed by atoms with Crippen molar-refractivity contribution in [2.24, 2.45) is 0 Å². The highest BCUT2D eigenvalue weighted by atomic mass is 16.3. The number of phenols is 1. The predicted molar refractivity (Wildman–Crippen MR) is 120 cm³/mol. The van der Waals surface area contributed by atoms with Crippen molar-refractivity contribution >= 4 is 10.8 Å².